The van der Waals surface area contributed by atoms with E-state index in [1.807, 2.05) is 6.07 Å². The Bertz CT molecular complexity index is 544. The van der Waals surface area contributed by atoms with E-state index in [2.05, 4.69) is 0 Å². The van der Waals surface area contributed by atoms with Gasteiger partial charge in [-0.1, -0.05) is 0 Å². The molecule has 0 atom stereocenters. The van der Waals surface area contributed by atoms with Gasteiger partial charge in [0, 0.05) is 19.0 Å². The maximum atomic E-state index is 12.5. The van der Waals surface area contributed by atoms with E-state index in [4.69, 9.17) is 10.00 Å². The third-order valence-electron chi connectivity index (χ3n) is 2.69. The number of benzene rings is 1. The fourth-order valence-corrected chi connectivity index (χ4v) is 3.34. The second kappa shape index (κ2) is 6.55. The predicted molar refractivity (Wildman–Crippen MR) is 72.3 cm³/mol. The van der Waals surface area contributed by atoms with E-state index in [9.17, 15) is 8.42 Å². The van der Waals surface area contributed by atoms with E-state index < -0.39 is 10.0 Å². The Kier molecular flexibility index (Phi) is 5.33. The van der Waals surface area contributed by atoms with Crippen molar-refractivity contribution in [2.75, 3.05) is 13.7 Å². The Balaban J connectivity index is 3.08. The highest BCUT2D eigenvalue weighted by Crippen LogP contribution is 2.21. The highest BCUT2D eigenvalue weighted by atomic mass is 32.2. The number of hydrogen-bond acceptors (Lipinski definition) is 4. The smallest absolute Gasteiger partial charge is 0.243 e. The molecule has 0 heterocycles. The SMILES string of the molecule is COc1ccc(S(=O)(=O)N(CCC#N)C(C)C)cc1. The van der Waals surface area contributed by atoms with Crippen LogP contribution in [0.25, 0.3) is 0 Å². The van der Waals surface area contributed by atoms with Gasteiger partial charge in [-0.25, -0.2) is 8.42 Å². The van der Waals surface area contributed by atoms with Crippen LogP contribution in [-0.4, -0.2) is 32.4 Å². The van der Waals surface area contributed by atoms with Crippen molar-refractivity contribution in [3.05, 3.63) is 24.3 Å². The molecular weight excluding hydrogens is 264 g/mol. The van der Waals surface area contributed by atoms with Crippen LogP contribution in [0.4, 0.5) is 0 Å². The first kappa shape index (κ1) is 15.5. The van der Waals surface area contributed by atoms with Crippen molar-refractivity contribution in [3.63, 3.8) is 0 Å². The fourth-order valence-electron chi connectivity index (χ4n) is 1.70. The fraction of sp³-hybridized carbons (Fsp3) is 0.462. The van der Waals surface area contributed by atoms with Gasteiger partial charge in [0.05, 0.1) is 18.1 Å². The Morgan fingerprint density at radius 1 is 1.32 bits per heavy atom. The molecule has 0 fully saturated rings. The van der Waals surface area contributed by atoms with Gasteiger partial charge in [-0.05, 0) is 38.1 Å². The Morgan fingerprint density at radius 3 is 2.32 bits per heavy atom. The molecule has 0 amide bonds. The van der Waals surface area contributed by atoms with Crippen molar-refractivity contribution in [3.8, 4) is 11.8 Å². The molecule has 1 aromatic carbocycles. The molecule has 19 heavy (non-hydrogen) atoms. The molecule has 0 saturated carbocycles. The van der Waals surface area contributed by atoms with Crippen molar-refractivity contribution in [2.24, 2.45) is 0 Å². The molecule has 0 saturated heterocycles. The van der Waals surface area contributed by atoms with Gasteiger partial charge in [0.1, 0.15) is 5.75 Å². The van der Waals surface area contributed by atoms with Crippen LogP contribution in [0.2, 0.25) is 0 Å². The monoisotopic (exact) mass is 282 g/mol. The van der Waals surface area contributed by atoms with Crippen molar-refractivity contribution < 1.29 is 13.2 Å². The van der Waals surface area contributed by atoms with Crippen LogP contribution in [-0.2, 0) is 10.0 Å². The number of methoxy groups -OCH3 is 1. The zero-order valence-corrected chi connectivity index (χ0v) is 12.1. The van der Waals surface area contributed by atoms with Gasteiger partial charge in [0.25, 0.3) is 0 Å². The Hall–Kier alpha value is -1.58. The number of nitriles is 1. The lowest BCUT2D eigenvalue weighted by Gasteiger charge is -2.25. The van der Waals surface area contributed by atoms with Crippen LogP contribution in [0.5, 0.6) is 5.75 Å². The lowest BCUT2D eigenvalue weighted by Crippen LogP contribution is -2.37. The zero-order chi connectivity index (χ0) is 14.5. The molecule has 0 unspecified atom stereocenters. The van der Waals surface area contributed by atoms with Crippen LogP contribution in [0.3, 0.4) is 0 Å². The normalized spacial score (nSPS) is 11.6. The summed E-state index contributed by atoms with van der Waals surface area (Å²) in [5.74, 6) is 0.604. The molecule has 0 aliphatic carbocycles. The summed E-state index contributed by atoms with van der Waals surface area (Å²) < 4.78 is 31.2. The molecule has 104 valence electrons. The average Bonchev–Trinajstić information content (AvgIpc) is 2.38. The molecule has 0 aliphatic rings. The third-order valence-corrected chi connectivity index (χ3v) is 4.78. The van der Waals surface area contributed by atoms with E-state index in [1.165, 1.54) is 23.5 Å². The molecule has 0 bridgehead atoms. The van der Waals surface area contributed by atoms with E-state index in [1.54, 1.807) is 26.0 Å². The lowest BCUT2D eigenvalue weighted by molar-refractivity contribution is 0.360. The Labute approximate surface area is 114 Å². The van der Waals surface area contributed by atoms with E-state index >= 15 is 0 Å². The molecule has 0 aliphatic heterocycles. The molecule has 0 aromatic heterocycles. The van der Waals surface area contributed by atoms with Crippen molar-refractivity contribution in [2.45, 2.75) is 31.2 Å². The van der Waals surface area contributed by atoms with Gasteiger partial charge >= 0.3 is 0 Å². The molecule has 6 heteroatoms. The van der Waals surface area contributed by atoms with Crippen LogP contribution in [0, 0.1) is 11.3 Å². The quantitative estimate of drug-likeness (QED) is 0.800. The standard InChI is InChI=1S/C13H18N2O3S/c1-11(2)15(10-4-9-14)19(16,17)13-7-5-12(18-3)6-8-13/h5-8,11H,4,10H2,1-3H3. The maximum absolute atomic E-state index is 12.5. The van der Waals surface area contributed by atoms with E-state index in [0.717, 1.165) is 0 Å². The highest BCUT2D eigenvalue weighted by Gasteiger charge is 2.26. The summed E-state index contributed by atoms with van der Waals surface area (Å²) in [4.78, 5) is 0.208. The number of sulfonamides is 1. The largest absolute Gasteiger partial charge is 0.497 e. The van der Waals surface area contributed by atoms with Gasteiger partial charge in [0.15, 0.2) is 0 Å². The number of hydrogen-bond donors (Lipinski definition) is 0. The van der Waals surface area contributed by atoms with Crippen molar-refractivity contribution >= 4 is 10.0 Å². The second-order valence-electron chi connectivity index (χ2n) is 4.29. The molecule has 1 aromatic rings. The predicted octanol–water partition coefficient (Wildman–Crippen LogP) is 2.01. The lowest BCUT2D eigenvalue weighted by atomic mass is 10.3. The van der Waals surface area contributed by atoms with Gasteiger partial charge in [0.2, 0.25) is 10.0 Å². The number of rotatable bonds is 6. The highest BCUT2D eigenvalue weighted by molar-refractivity contribution is 7.89. The van der Waals surface area contributed by atoms with Gasteiger partial charge in [-0.15, -0.1) is 0 Å². The molecule has 5 nitrogen and oxygen atoms in total. The summed E-state index contributed by atoms with van der Waals surface area (Å²) in [7, 11) is -2.05. The summed E-state index contributed by atoms with van der Waals surface area (Å²) in [5, 5.41) is 8.61. The topological polar surface area (TPSA) is 70.4 Å². The minimum absolute atomic E-state index is 0.174. The van der Waals surface area contributed by atoms with Gasteiger partial charge in [-0.3, -0.25) is 0 Å². The van der Waals surface area contributed by atoms with Crippen LogP contribution in [0.1, 0.15) is 20.3 Å². The second-order valence-corrected chi connectivity index (χ2v) is 6.18. The van der Waals surface area contributed by atoms with E-state index in [0.29, 0.717) is 5.75 Å². The summed E-state index contributed by atoms with van der Waals surface area (Å²) >= 11 is 0. The number of ether oxygens (including phenoxy) is 1. The van der Waals surface area contributed by atoms with Crippen LogP contribution < -0.4 is 4.74 Å². The molecule has 0 spiro atoms. The zero-order valence-electron chi connectivity index (χ0n) is 11.3. The van der Waals surface area contributed by atoms with Crippen molar-refractivity contribution in [1.29, 1.82) is 5.26 Å². The average molecular weight is 282 g/mol. The minimum Gasteiger partial charge on any atom is -0.497 e. The molecule has 0 radical (unpaired) electrons. The maximum Gasteiger partial charge on any atom is 0.243 e. The molecule has 0 N–H and O–H groups in total. The number of nitrogens with zero attached hydrogens (tertiary/aromatic N) is 2. The minimum atomic E-state index is -3.57. The summed E-state index contributed by atoms with van der Waals surface area (Å²) in [6.45, 7) is 3.78. The van der Waals surface area contributed by atoms with Crippen molar-refractivity contribution in [1.82, 2.24) is 4.31 Å². The first-order valence-corrected chi connectivity index (χ1v) is 7.40. The van der Waals surface area contributed by atoms with Crippen LogP contribution in [0.15, 0.2) is 29.2 Å². The summed E-state index contributed by atoms with van der Waals surface area (Å²) in [5.41, 5.74) is 0. The van der Waals surface area contributed by atoms with Gasteiger partial charge < -0.3 is 4.74 Å². The molecular formula is C13H18N2O3S. The summed E-state index contributed by atoms with van der Waals surface area (Å²) in [6.07, 6.45) is 0.174. The molecule has 1 rings (SSSR count). The van der Waals surface area contributed by atoms with Crippen LogP contribution >= 0.6 is 0 Å². The Morgan fingerprint density at radius 2 is 1.89 bits per heavy atom. The van der Waals surface area contributed by atoms with Gasteiger partial charge in [-0.2, -0.15) is 9.57 Å². The van der Waals surface area contributed by atoms with E-state index in [-0.39, 0.29) is 23.9 Å². The first-order valence-electron chi connectivity index (χ1n) is 5.96. The summed E-state index contributed by atoms with van der Waals surface area (Å²) in [6, 6.07) is 8.01. The first-order chi connectivity index (χ1) is 8.93. The third kappa shape index (κ3) is 3.69.